The number of carbonyl (C=O) groups is 2. The SMILES string of the molecule is CC(=O)NC(CNc1ccc(C)c(Br)c1)C(=O)O. The average Bonchev–Trinajstić information content (AvgIpc) is 2.28. The van der Waals surface area contributed by atoms with Crippen LogP contribution >= 0.6 is 15.9 Å². The van der Waals surface area contributed by atoms with Gasteiger partial charge in [-0.15, -0.1) is 0 Å². The number of nitrogens with one attached hydrogen (secondary N) is 2. The molecule has 0 fully saturated rings. The number of rotatable bonds is 5. The zero-order valence-corrected chi connectivity index (χ0v) is 11.7. The van der Waals surface area contributed by atoms with Gasteiger partial charge in [-0.05, 0) is 24.6 Å². The van der Waals surface area contributed by atoms with Crippen molar-refractivity contribution in [3.63, 3.8) is 0 Å². The molecule has 0 aliphatic rings. The van der Waals surface area contributed by atoms with E-state index in [1.54, 1.807) is 0 Å². The Balaban J connectivity index is 2.64. The largest absolute Gasteiger partial charge is 0.480 e. The van der Waals surface area contributed by atoms with E-state index < -0.39 is 12.0 Å². The van der Waals surface area contributed by atoms with Crippen molar-refractivity contribution in [1.82, 2.24) is 5.32 Å². The molecule has 0 aromatic heterocycles. The van der Waals surface area contributed by atoms with E-state index in [0.717, 1.165) is 15.7 Å². The molecule has 0 radical (unpaired) electrons. The maximum absolute atomic E-state index is 10.9. The minimum atomic E-state index is -1.07. The summed E-state index contributed by atoms with van der Waals surface area (Å²) in [4.78, 5) is 21.8. The summed E-state index contributed by atoms with van der Waals surface area (Å²) in [5.41, 5.74) is 1.89. The number of halogens is 1. The lowest BCUT2D eigenvalue weighted by molar-refractivity contribution is -0.141. The highest BCUT2D eigenvalue weighted by molar-refractivity contribution is 9.10. The van der Waals surface area contributed by atoms with Gasteiger partial charge in [-0.25, -0.2) is 4.79 Å². The van der Waals surface area contributed by atoms with Crippen LogP contribution in [0.1, 0.15) is 12.5 Å². The molecule has 18 heavy (non-hydrogen) atoms. The summed E-state index contributed by atoms with van der Waals surface area (Å²) in [6.45, 7) is 3.38. The minimum Gasteiger partial charge on any atom is -0.480 e. The third-order valence-corrected chi connectivity index (χ3v) is 3.21. The quantitative estimate of drug-likeness (QED) is 0.774. The number of anilines is 1. The number of aryl methyl sites for hydroxylation is 1. The zero-order valence-electron chi connectivity index (χ0n) is 10.2. The number of benzene rings is 1. The molecule has 1 unspecified atom stereocenters. The molecule has 1 amide bonds. The maximum Gasteiger partial charge on any atom is 0.328 e. The summed E-state index contributed by atoms with van der Waals surface area (Å²) in [6, 6.07) is 4.69. The molecule has 0 heterocycles. The van der Waals surface area contributed by atoms with Crippen LogP contribution in [-0.4, -0.2) is 29.6 Å². The molecule has 1 rings (SSSR count). The Hall–Kier alpha value is -1.56. The van der Waals surface area contributed by atoms with Crippen LogP contribution in [0.5, 0.6) is 0 Å². The van der Waals surface area contributed by atoms with Crippen LogP contribution in [0.2, 0.25) is 0 Å². The van der Waals surface area contributed by atoms with Crippen molar-refractivity contribution in [3.05, 3.63) is 28.2 Å². The summed E-state index contributed by atoms with van der Waals surface area (Å²) in [7, 11) is 0. The number of amides is 1. The normalized spacial score (nSPS) is 11.7. The van der Waals surface area contributed by atoms with Crippen molar-refractivity contribution in [2.45, 2.75) is 19.9 Å². The van der Waals surface area contributed by atoms with E-state index >= 15 is 0 Å². The molecule has 6 heteroatoms. The fourth-order valence-corrected chi connectivity index (χ4v) is 1.75. The van der Waals surface area contributed by atoms with Crippen molar-refractivity contribution < 1.29 is 14.7 Å². The molecular weight excluding hydrogens is 300 g/mol. The first-order chi connectivity index (χ1) is 8.40. The first-order valence-electron chi connectivity index (χ1n) is 5.40. The summed E-state index contributed by atoms with van der Waals surface area (Å²) in [5.74, 6) is -1.43. The second-order valence-corrected chi connectivity index (χ2v) is 4.79. The fraction of sp³-hybridized carbons (Fsp3) is 0.333. The number of carboxylic acids is 1. The first kappa shape index (κ1) is 14.5. The van der Waals surface area contributed by atoms with E-state index in [0.29, 0.717) is 0 Å². The summed E-state index contributed by atoms with van der Waals surface area (Å²) >= 11 is 3.40. The van der Waals surface area contributed by atoms with E-state index in [1.807, 2.05) is 25.1 Å². The van der Waals surface area contributed by atoms with Crippen LogP contribution in [-0.2, 0) is 9.59 Å². The van der Waals surface area contributed by atoms with Crippen molar-refractivity contribution >= 4 is 33.5 Å². The molecule has 98 valence electrons. The molecule has 3 N–H and O–H groups in total. The van der Waals surface area contributed by atoms with E-state index in [9.17, 15) is 9.59 Å². The molecule has 0 spiro atoms. The van der Waals surface area contributed by atoms with Gasteiger partial charge in [0.2, 0.25) is 5.91 Å². The molecule has 0 saturated heterocycles. The predicted molar refractivity (Wildman–Crippen MR) is 72.6 cm³/mol. The van der Waals surface area contributed by atoms with Gasteiger partial charge in [0.25, 0.3) is 0 Å². The average molecular weight is 315 g/mol. The van der Waals surface area contributed by atoms with Gasteiger partial charge in [0.05, 0.1) is 0 Å². The number of carboxylic acid groups (broad SMARTS) is 1. The molecular formula is C12H15BrN2O3. The lowest BCUT2D eigenvalue weighted by atomic mass is 10.2. The van der Waals surface area contributed by atoms with E-state index in [2.05, 4.69) is 26.6 Å². The lowest BCUT2D eigenvalue weighted by Crippen LogP contribution is -2.44. The van der Waals surface area contributed by atoms with E-state index in [-0.39, 0.29) is 12.5 Å². The molecule has 0 saturated carbocycles. The topological polar surface area (TPSA) is 78.4 Å². The van der Waals surface area contributed by atoms with Gasteiger partial charge < -0.3 is 15.7 Å². The Morgan fingerprint density at radius 2 is 2.11 bits per heavy atom. The highest BCUT2D eigenvalue weighted by Crippen LogP contribution is 2.20. The number of hydrogen-bond donors (Lipinski definition) is 3. The highest BCUT2D eigenvalue weighted by Gasteiger charge is 2.17. The van der Waals surface area contributed by atoms with Crippen molar-refractivity contribution in [2.75, 3.05) is 11.9 Å². The predicted octanol–water partition coefficient (Wildman–Crippen LogP) is 1.76. The molecule has 0 aliphatic heterocycles. The van der Waals surface area contributed by atoms with E-state index in [4.69, 9.17) is 5.11 Å². The van der Waals surface area contributed by atoms with Gasteiger partial charge in [-0.1, -0.05) is 22.0 Å². The van der Waals surface area contributed by atoms with Crippen LogP contribution in [0.25, 0.3) is 0 Å². The van der Waals surface area contributed by atoms with Gasteiger partial charge in [-0.3, -0.25) is 4.79 Å². The van der Waals surface area contributed by atoms with Crippen LogP contribution in [0.3, 0.4) is 0 Å². The van der Waals surface area contributed by atoms with Gasteiger partial charge in [0, 0.05) is 23.6 Å². The molecule has 1 aromatic rings. The van der Waals surface area contributed by atoms with Crippen LogP contribution in [0, 0.1) is 6.92 Å². The lowest BCUT2D eigenvalue weighted by Gasteiger charge is -2.15. The van der Waals surface area contributed by atoms with Gasteiger partial charge >= 0.3 is 5.97 Å². The Morgan fingerprint density at radius 1 is 1.44 bits per heavy atom. The Labute approximate surface area is 114 Å². The molecule has 1 atom stereocenters. The Kier molecular flexibility index (Phi) is 5.15. The van der Waals surface area contributed by atoms with Gasteiger partial charge in [-0.2, -0.15) is 0 Å². The summed E-state index contributed by atoms with van der Waals surface area (Å²) in [5, 5.41) is 14.3. The fourth-order valence-electron chi connectivity index (χ4n) is 1.37. The van der Waals surface area contributed by atoms with Crippen molar-refractivity contribution in [1.29, 1.82) is 0 Å². The van der Waals surface area contributed by atoms with Crippen LogP contribution in [0.4, 0.5) is 5.69 Å². The highest BCUT2D eigenvalue weighted by atomic mass is 79.9. The Morgan fingerprint density at radius 3 is 2.61 bits per heavy atom. The zero-order chi connectivity index (χ0) is 13.7. The van der Waals surface area contributed by atoms with Gasteiger partial charge in [0.1, 0.15) is 6.04 Å². The van der Waals surface area contributed by atoms with Crippen LogP contribution < -0.4 is 10.6 Å². The molecule has 5 nitrogen and oxygen atoms in total. The number of hydrogen-bond acceptors (Lipinski definition) is 3. The first-order valence-corrected chi connectivity index (χ1v) is 6.19. The third kappa shape index (κ3) is 4.37. The smallest absolute Gasteiger partial charge is 0.328 e. The Bertz CT molecular complexity index is 463. The second-order valence-electron chi connectivity index (χ2n) is 3.94. The molecule has 0 bridgehead atoms. The van der Waals surface area contributed by atoms with Gasteiger partial charge in [0.15, 0.2) is 0 Å². The standard InChI is InChI=1S/C12H15BrN2O3/c1-7-3-4-9(5-10(7)13)14-6-11(12(17)18)15-8(2)16/h3-5,11,14H,6H2,1-2H3,(H,15,16)(H,17,18). The molecule has 0 aliphatic carbocycles. The van der Waals surface area contributed by atoms with Crippen molar-refractivity contribution in [2.24, 2.45) is 0 Å². The monoisotopic (exact) mass is 314 g/mol. The summed E-state index contributed by atoms with van der Waals surface area (Å²) < 4.78 is 0.943. The van der Waals surface area contributed by atoms with Crippen LogP contribution in [0.15, 0.2) is 22.7 Å². The third-order valence-electron chi connectivity index (χ3n) is 2.36. The molecule has 1 aromatic carbocycles. The van der Waals surface area contributed by atoms with Crippen molar-refractivity contribution in [3.8, 4) is 0 Å². The van der Waals surface area contributed by atoms with E-state index in [1.165, 1.54) is 6.92 Å². The summed E-state index contributed by atoms with van der Waals surface area (Å²) in [6.07, 6.45) is 0. The number of aliphatic carboxylic acids is 1. The second kappa shape index (κ2) is 6.39. The maximum atomic E-state index is 10.9. The minimum absolute atomic E-state index is 0.129. The number of carbonyl (C=O) groups excluding carboxylic acids is 1.